The molecule has 0 bridgehead atoms. The van der Waals surface area contributed by atoms with Gasteiger partial charge in [-0.05, 0) is 32.8 Å². The Morgan fingerprint density at radius 2 is 2.25 bits per heavy atom. The maximum atomic E-state index is 12.2. The van der Waals surface area contributed by atoms with Crippen LogP contribution in [0.1, 0.15) is 35.7 Å². The molecule has 6 heteroatoms. The standard InChI is InChI=1S/C14H18N2O4/c1-9-8-11(6-7-20-9)15-14(17)12-4-3-5-13(10(12)2)16(18)19/h3-5,9,11H,6-8H2,1-2H3,(H,15,17). The monoisotopic (exact) mass is 278 g/mol. The average molecular weight is 278 g/mol. The van der Waals surface area contributed by atoms with E-state index in [1.165, 1.54) is 12.1 Å². The van der Waals surface area contributed by atoms with E-state index in [2.05, 4.69) is 5.32 Å². The number of nitrogens with one attached hydrogen (secondary N) is 1. The molecular weight excluding hydrogens is 260 g/mol. The number of benzene rings is 1. The van der Waals surface area contributed by atoms with Crippen LogP contribution in [0.5, 0.6) is 0 Å². The molecule has 1 aliphatic heterocycles. The second-order valence-electron chi connectivity index (χ2n) is 5.08. The molecule has 1 saturated heterocycles. The lowest BCUT2D eigenvalue weighted by molar-refractivity contribution is -0.385. The Labute approximate surface area is 117 Å². The molecule has 2 rings (SSSR count). The fourth-order valence-electron chi connectivity index (χ4n) is 2.46. The number of ether oxygens (including phenoxy) is 1. The normalized spacial score (nSPS) is 22.3. The highest BCUT2D eigenvalue weighted by Crippen LogP contribution is 2.21. The Bertz CT molecular complexity index is 530. The van der Waals surface area contributed by atoms with Crippen LogP contribution in [0.3, 0.4) is 0 Å². The maximum absolute atomic E-state index is 12.2. The summed E-state index contributed by atoms with van der Waals surface area (Å²) in [5.74, 6) is -0.259. The summed E-state index contributed by atoms with van der Waals surface area (Å²) in [5.41, 5.74) is 0.728. The number of hydrogen-bond donors (Lipinski definition) is 1. The van der Waals surface area contributed by atoms with E-state index in [0.29, 0.717) is 17.7 Å². The van der Waals surface area contributed by atoms with Gasteiger partial charge in [-0.3, -0.25) is 14.9 Å². The van der Waals surface area contributed by atoms with Crippen LogP contribution in [-0.2, 0) is 4.74 Å². The Balaban J connectivity index is 2.13. The van der Waals surface area contributed by atoms with Crippen LogP contribution in [-0.4, -0.2) is 29.6 Å². The van der Waals surface area contributed by atoms with Crippen LogP contribution in [0.4, 0.5) is 5.69 Å². The quantitative estimate of drug-likeness (QED) is 0.678. The van der Waals surface area contributed by atoms with Gasteiger partial charge in [-0.25, -0.2) is 0 Å². The minimum Gasteiger partial charge on any atom is -0.378 e. The van der Waals surface area contributed by atoms with Gasteiger partial charge in [0.1, 0.15) is 0 Å². The van der Waals surface area contributed by atoms with Gasteiger partial charge < -0.3 is 10.1 Å². The van der Waals surface area contributed by atoms with Crippen molar-refractivity contribution in [3.05, 3.63) is 39.4 Å². The second-order valence-corrected chi connectivity index (χ2v) is 5.08. The van der Waals surface area contributed by atoms with Gasteiger partial charge in [0, 0.05) is 29.8 Å². The molecule has 1 heterocycles. The van der Waals surface area contributed by atoms with E-state index in [4.69, 9.17) is 4.74 Å². The van der Waals surface area contributed by atoms with E-state index in [-0.39, 0.29) is 23.7 Å². The number of amides is 1. The van der Waals surface area contributed by atoms with Gasteiger partial charge in [-0.1, -0.05) is 6.07 Å². The number of nitrogens with zero attached hydrogens (tertiary/aromatic N) is 1. The van der Waals surface area contributed by atoms with E-state index in [1.54, 1.807) is 13.0 Å². The molecule has 0 spiro atoms. The Kier molecular flexibility index (Phi) is 4.34. The van der Waals surface area contributed by atoms with Crippen molar-refractivity contribution in [3.8, 4) is 0 Å². The predicted octanol–water partition coefficient (Wildman–Crippen LogP) is 2.20. The summed E-state index contributed by atoms with van der Waals surface area (Å²) < 4.78 is 5.43. The van der Waals surface area contributed by atoms with E-state index in [9.17, 15) is 14.9 Å². The lowest BCUT2D eigenvalue weighted by atomic mass is 10.0. The molecule has 0 radical (unpaired) electrons. The molecule has 6 nitrogen and oxygen atoms in total. The number of nitro benzene ring substituents is 1. The minimum atomic E-state index is -0.470. The van der Waals surface area contributed by atoms with Crippen LogP contribution in [0.15, 0.2) is 18.2 Å². The third kappa shape index (κ3) is 3.14. The first-order chi connectivity index (χ1) is 9.49. The number of carbonyl (C=O) groups is 1. The molecule has 1 aromatic rings. The van der Waals surface area contributed by atoms with E-state index >= 15 is 0 Å². The lowest BCUT2D eigenvalue weighted by Gasteiger charge is -2.28. The van der Waals surface area contributed by atoms with Crippen molar-refractivity contribution < 1.29 is 14.5 Å². The Morgan fingerprint density at radius 3 is 2.90 bits per heavy atom. The molecule has 1 fully saturated rings. The fraction of sp³-hybridized carbons (Fsp3) is 0.500. The summed E-state index contributed by atoms with van der Waals surface area (Å²) in [6.45, 7) is 4.19. The Hall–Kier alpha value is -1.95. The van der Waals surface area contributed by atoms with Crippen molar-refractivity contribution in [1.29, 1.82) is 0 Å². The van der Waals surface area contributed by atoms with Crippen LogP contribution in [0.25, 0.3) is 0 Å². The summed E-state index contributed by atoms with van der Waals surface area (Å²) in [7, 11) is 0. The predicted molar refractivity (Wildman–Crippen MR) is 73.7 cm³/mol. The van der Waals surface area contributed by atoms with E-state index < -0.39 is 4.92 Å². The number of carbonyl (C=O) groups excluding carboxylic acids is 1. The van der Waals surface area contributed by atoms with Gasteiger partial charge in [0.05, 0.1) is 11.0 Å². The molecule has 0 aromatic heterocycles. The second kappa shape index (κ2) is 6.00. The highest BCUT2D eigenvalue weighted by Gasteiger charge is 2.23. The molecule has 0 saturated carbocycles. The molecule has 1 aromatic carbocycles. The first-order valence-corrected chi connectivity index (χ1v) is 6.65. The number of rotatable bonds is 3. The molecule has 20 heavy (non-hydrogen) atoms. The summed E-state index contributed by atoms with van der Waals surface area (Å²) >= 11 is 0. The van der Waals surface area contributed by atoms with Crippen molar-refractivity contribution in [3.63, 3.8) is 0 Å². The zero-order valence-electron chi connectivity index (χ0n) is 11.6. The maximum Gasteiger partial charge on any atom is 0.273 e. The van der Waals surface area contributed by atoms with Gasteiger partial charge in [-0.2, -0.15) is 0 Å². The van der Waals surface area contributed by atoms with E-state index in [1.807, 2.05) is 6.92 Å². The summed E-state index contributed by atoms with van der Waals surface area (Å²) in [5, 5.41) is 13.8. The van der Waals surface area contributed by atoms with Crippen molar-refractivity contribution in [2.45, 2.75) is 38.8 Å². The highest BCUT2D eigenvalue weighted by molar-refractivity contribution is 5.96. The van der Waals surface area contributed by atoms with Gasteiger partial charge in [-0.15, -0.1) is 0 Å². The van der Waals surface area contributed by atoms with Crippen molar-refractivity contribution >= 4 is 11.6 Å². The topological polar surface area (TPSA) is 81.5 Å². The van der Waals surface area contributed by atoms with Gasteiger partial charge in [0.2, 0.25) is 0 Å². The summed E-state index contributed by atoms with van der Waals surface area (Å²) in [4.78, 5) is 22.7. The third-order valence-corrected chi connectivity index (χ3v) is 3.57. The molecule has 108 valence electrons. The van der Waals surface area contributed by atoms with Crippen LogP contribution in [0.2, 0.25) is 0 Å². The first-order valence-electron chi connectivity index (χ1n) is 6.65. The molecule has 2 unspecified atom stereocenters. The molecule has 1 amide bonds. The number of hydrogen-bond acceptors (Lipinski definition) is 4. The first kappa shape index (κ1) is 14.5. The zero-order valence-corrected chi connectivity index (χ0v) is 11.6. The van der Waals surface area contributed by atoms with Crippen molar-refractivity contribution in [1.82, 2.24) is 5.32 Å². The van der Waals surface area contributed by atoms with Gasteiger partial charge in [0.25, 0.3) is 11.6 Å². The van der Waals surface area contributed by atoms with Crippen LogP contribution < -0.4 is 5.32 Å². The van der Waals surface area contributed by atoms with Gasteiger partial charge in [0.15, 0.2) is 0 Å². The summed E-state index contributed by atoms with van der Waals surface area (Å²) in [6, 6.07) is 4.61. The molecule has 0 aliphatic carbocycles. The Morgan fingerprint density at radius 1 is 1.50 bits per heavy atom. The van der Waals surface area contributed by atoms with Crippen molar-refractivity contribution in [2.24, 2.45) is 0 Å². The smallest absolute Gasteiger partial charge is 0.273 e. The van der Waals surface area contributed by atoms with Crippen LogP contribution >= 0.6 is 0 Å². The van der Waals surface area contributed by atoms with Crippen LogP contribution in [0, 0.1) is 17.0 Å². The molecule has 2 atom stereocenters. The summed E-state index contributed by atoms with van der Waals surface area (Å²) in [6.07, 6.45) is 1.66. The zero-order chi connectivity index (χ0) is 14.7. The highest BCUT2D eigenvalue weighted by atomic mass is 16.6. The largest absolute Gasteiger partial charge is 0.378 e. The fourth-order valence-corrected chi connectivity index (χ4v) is 2.46. The minimum absolute atomic E-state index is 0.0296. The van der Waals surface area contributed by atoms with Gasteiger partial charge >= 0.3 is 0 Å². The average Bonchev–Trinajstić information content (AvgIpc) is 2.38. The molecule has 1 aliphatic rings. The lowest BCUT2D eigenvalue weighted by Crippen LogP contribution is -2.41. The molecular formula is C14H18N2O4. The number of nitro groups is 1. The molecule has 1 N–H and O–H groups in total. The van der Waals surface area contributed by atoms with E-state index in [0.717, 1.165) is 12.8 Å². The van der Waals surface area contributed by atoms with Crippen molar-refractivity contribution in [2.75, 3.05) is 6.61 Å². The third-order valence-electron chi connectivity index (χ3n) is 3.57. The SMILES string of the molecule is Cc1c(C(=O)NC2CCOC(C)C2)cccc1[N+](=O)[O-].